The molecule has 0 spiro atoms. The maximum absolute atomic E-state index is 4.04. The van der Waals surface area contributed by atoms with Gasteiger partial charge in [-0.3, -0.25) is 4.98 Å². The number of hydrogen-bond donors (Lipinski definition) is 0. The average molecular weight is 159 g/mol. The van der Waals surface area contributed by atoms with Crippen molar-refractivity contribution in [3.8, 4) is 0 Å². The summed E-state index contributed by atoms with van der Waals surface area (Å²) in [6.07, 6.45) is 4.41. The second-order valence-electron chi connectivity index (χ2n) is 2.62. The molecule has 2 heterocycles. The lowest BCUT2D eigenvalue weighted by atomic mass is 10.2. The Morgan fingerprint density at radius 3 is 3.08 bits per heavy atom. The van der Waals surface area contributed by atoms with E-state index in [4.69, 9.17) is 0 Å². The van der Waals surface area contributed by atoms with E-state index in [0.29, 0.717) is 0 Å². The summed E-state index contributed by atoms with van der Waals surface area (Å²) in [6.45, 7) is 2.07. The molecule has 0 aliphatic rings. The molecule has 0 unspecified atom stereocenters. The minimum absolute atomic E-state index is 0.856. The van der Waals surface area contributed by atoms with Gasteiger partial charge in [0.2, 0.25) is 0 Å². The molecule has 0 aliphatic carbocycles. The highest BCUT2D eigenvalue weighted by Crippen LogP contribution is 2.08. The van der Waals surface area contributed by atoms with Crippen LogP contribution < -0.4 is 0 Å². The van der Waals surface area contributed by atoms with Crippen molar-refractivity contribution in [3.63, 3.8) is 0 Å². The Hall–Kier alpha value is -1.51. The summed E-state index contributed by atoms with van der Waals surface area (Å²) in [7, 11) is 0. The summed E-state index contributed by atoms with van der Waals surface area (Å²) in [4.78, 5) is 3.97. The monoisotopic (exact) mass is 159 g/mol. The van der Waals surface area contributed by atoms with Gasteiger partial charge in [-0.1, -0.05) is 6.92 Å². The molecule has 2 rings (SSSR count). The van der Waals surface area contributed by atoms with E-state index in [0.717, 1.165) is 23.0 Å². The molecule has 0 aromatic carbocycles. The van der Waals surface area contributed by atoms with Crippen LogP contribution in [0.2, 0.25) is 0 Å². The van der Waals surface area contributed by atoms with E-state index >= 15 is 0 Å². The van der Waals surface area contributed by atoms with Gasteiger partial charge >= 0.3 is 0 Å². The third kappa shape index (κ3) is 1.13. The predicted molar refractivity (Wildman–Crippen MR) is 46.7 cm³/mol. The first kappa shape index (κ1) is 7.16. The van der Waals surface area contributed by atoms with Crippen LogP contribution in [0.3, 0.4) is 0 Å². The molecule has 2 aromatic heterocycles. The van der Waals surface area contributed by atoms with Gasteiger partial charge in [0.15, 0.2) is 0 Å². The number of pyridine rings is 1. The van der Waals surface area contributed by atoms with Gasteiger partial charge in [0, 0.05) is 11.6 Å². The highest BCUT2D eigenvalue weighted by Gasteiger charge is 1.95. The summed E-state index contributed by atoms with van der Waals surface area (Å²) >= 11 is 0. The highest BCUT2D eigenvalue weighted by molar-refractivity contribution is 5.76. The van der Waals surface area contributed by atoms with E-state index in [1.54, 1.807) is 12.4 Å². The number of rotatable bonds is 1. The summed E-state index contributed by atoms with van der Waals surface area (Å²) < 4.78 is 0. The molecule has 3 heteroatoms. The Morgan fingerprint density at radius 1 is 1.33 bits per heavy atom. The quantitative estimate of drug-likeness (QED) is 0.634. The number of aryl methyl sites for hydroxylation is 1. The summed E-state index contributed by atoms with van der Waals surface area (Å²) in [6, 6.07) is 3.99. The van der Waals surface area contributed by atoms with Crippen molar-refractivity contribution in [2.24, 2.45) is 0 Å². The van der Waals surface area contributed by atoms with Crippen molar-refractivity contribution >= 4 is 10.9 Å². The number of fused-ring (bicyclic) bond motifs is 1. The molecule has 0 bridgehead atoms. The molecule has 12 heavy (non-hydrogen) atoms. The van der Waals surface area contributed by atoms with Crippen molar-refractivity contribution < 1.29 is 0 Å². The molecular formula is C9H9N3. The van der Waals surface area contributed by atoms with Crippen molar-refractivity contribution in [1.29, 1.82) is 0 Å². The molecule has 0 saturated heterocycles. The fourth-order valence-electron chi connectivity index (χ4n) is 1.10. The summed E-state index contributed by atoms with van der Waals surface area (Å²) in [5.41, 5.74) is 1.88. The van der Waals surface area contributed by atoms with Crippen LogP contribution in [0.25, 0.3) is 10.9 Å². The van der Waals surface area contributed by atoms with Crippen molar-refractivity contribution in [2.45, 2.75) is 13.3 Å². The zero-order valence-electron chi connectivity index (χ0n) is 6.86. The van der Waals surface area contributed by atoms with E-state index < -0.39 is 0 Å². The molecule has 0 amide bonds. The topological polar surface area (TPSA) is 38.7 Å². The molecule has 3 nitrogen and oxygen atoms in total. The van der Waals surface area contributed by atoms with Gasteiger partial charge in [-0.15, -0.1) is 5.10 Å². The first-order valence-corrected chi connectivity index (χ1v) is 3.96. The normalized spacial score (nSPS) is 10.4. The van der Waals surface area contributed by atoms with Crippen LogP contribution in [0.4, 0.5) is 0 Å². The van der Waals surface area contributed by atoms with Gasteiger partial charge in [0.1, 0.15) is 5.52 Å². The fraction of sp³-hybridized carbons (Fsp3) is 0.222. The SMILES string of the molecule is CCc1cc2ccncc2nn1. The second kappa shape index (κ2) is 2.85. The first-order chi connectivity index (χ1) is 5.90. The van der Waals surface area contributed by atoms with Crippen LogP contribution >= 0.6 is 0 Å². The Morgan fingerprint density at radius 2 is 2.25 bits per heavy atom. The van der Waals surface area contributed by atoms with E-state index in [2.05, 4.69) is 22.1 Å². The van der Waals surface area contributed by atoms with E-state index in [1.807, 2.05) is 12.1 Å². The van der Waals surface area contributed by atoms with Gasteiger partial charge < -0.3 is 0 Å². The van der Waals surface area contributed by atoms with Crippen molar-refractivity contribution in [1.82, 2.24) is 15.2 Å². The third-order valence-corrected chi connectivity index (χ3v) is 1.80. The van der Waals surface area contributed by atoms with Gasteiger partial charge in [-0.25, -0.2) is 0 Å². The molecule has 0 aliphatic heterocycles. The fourth-order valence-corrected chi connectivity index (χ4v) is 1.10. The Bertz CT molecular complexity index is 398. The lowest BCUT2D eigenvalue weighted by Crippen LogP contribution is -1.91. The smallest absolute Gasteiger partial charge is 0.111 e. The van der Waals surface area contributed by atoms with Crippen molar-refractivity contribution in [2.75, 3.05) is 0 Å². The maximum Gasteiger partial charge on any atom is 0.111 e. The predicted octanol–water partition coefficient (Wildman–Crippen LogP) is 1.59. The minimum Gasteiger partial charge on any atom is -0.262 e. The zero-order chi connectivity index (χ0) is 8.39. The second-order valence-corrected chi connectivity index (χ2v) is 2.62. The maximum atomic E-state index is 4.04. The molecule has 0 atom stereocenters. The van der Waals surface area contributed by atoms with Crippen LogP contribution in [-0.2, 0) is 6.42 Å². The van der Waals surface area contributed by atoms with Crippen LogP contribution in [0, 0.1) is 0 Å². The average Bonchev–Trinajstić information content (AvgIpc) is 2.17. The summed E-state index contributed by atoms with van der Waals surface area (Å²) in [5.74, 6) is 0. The molecule has 0 fully saturated rings. The standard InChI is InChI=1S/C9H9N3/c1-2-8-5-7-3-4-10-6-9(7)12-11-8/h3-6H,2H2,1H3. The van der Waals surface area contributed by atoms with E-state index in [9.17, 15) is 0 Å². The zero-order valence-corrected chi connectivity index (χ0v) is 6.86. The van der Waals surface area contributed by atoms with E-state index in [-0.39, 0.29) is 0 Å². The minimum atomic E-state index is 0.856. The Balaban J connectivity index is 2.67. The number of hydrogen-bond acceptors (Lipinski definition) is 3. The Labute approximate surface area is 70.5 Å². The van der Waals surface area contributed by atoms with Crippen LogP contribution in [0.5, 0.6) is 0 Å². The summed E-state index contributed by atoms with van der Waals surface area (Å²) in [5, 5.41) is 9.18. The van der Waals surface area contributed by atoms with E-state index in [1.165, 1.54) is 0 Å². The van der Waals surface area contributed by atoms with Gasteiger partial charge in [-0.05, 0) is 18.6 Å². The third-order valence-electron chi connectivity index (χ3n) is 1.80. The molecule has 0 saturated carbocycles. The Kier molecular flexibility index (Phi) is 1.70. The number of aromatic nitrogens is 3. The largest absolute Gasteiger partial charge is 0.262 e. The lowest BCUT2D eigenvalue weighted by Gasteiger charge is -1.96. The van der Waals surface area contributed by atoms with Crippen LogP contribution in [-0.4, -0.2) is 15.2 Å². The van der Waals surface area contributed by atoms with Gasteiger partial charge in [0.25, 0.3) is 0 Å². The number of nitrogens with zero attached hydrogens (tertiary/aromatic N) is 3. The molecule has 2 aromatic rings. The molecule has 60 valence electrons. The first-order valence-electron chi connectivity index (χ1n) is 3.96. The van der Waals surface area contributed by atoms with Gasteiger partial charge in [0.05, 0.1) is 11.9 Å². The molecule has 0 N–H and O–H groups in total. The lowest BCUT2D eigenvalue weighted by molar-refractivity contribution is 0.942. The van der Waals surface area contributed by atoms with Crippen molar-refractivity contribution in [3.05, 3.63) is 30.2 Å². The van der Waals surface area contributed by atoms with Gasteiger partial charge in [-0.2, -0.15) is 5.10 Å². The molecular weight excluding hydrogens is 150 g/mol. The molecule has 0 radical (unpaired) electrons. The van der Waals surface area contributed by atoms with Crippen LogP contribution in [0.1, 0.15) is 12.6 Å². The van der Waals surface area contributed by atoms with Crippen LogP contribution in [0.15, 0.2) is 24.5 Å². The highest BCUT2D eigenvalue weighted by atomic mass is 15.1.